The first-order chi connectivity index (χ1) is 16.1. The predicted octanol–water partition coefficient (Wildman–Crippen LogP) is 7.31. The van der Waals surface area contributed by atoms with Crippen LogP contribution in [0.5, 0.6) is 0 Å². The van der Waals surface area contributed by atoms with Crippen molar-refractivity contribution in [1.29, 1.82) is 0 Å². The molecule has 0 spiro atoms. The van der Waals surface area contributed by atoms with Crippen LogP contribution in [0.3, 0.4) is 0 Å². The van der Waals surface area contributed by atoms with Gasteiger partial charge in [0.25, 0.3) is 0 Å². The van der Waals surface area contributed by atoms with E-state index in [1.807, 2.05) is 0 Å². The summed E-state index contributed by atoms with van der Waals surface area (Å²) in [5.41, 5.74) is 0. The van der Waals surface area contributed by atoms with E-state index >= 15 is 0 Å². The van der Waals surface area contributed by atoms with Gasteiger partial charge in [-0.1, -0.05) is 110 Å². The first-order valence-electron chi connectivity index (χ1n) is 14.9. The predicted molar refractivity (Wildman–Crippen MR) is 149 cm³/mol. The SMILES string of the molecule is CCCCCCCCCCCCCCC(O)C(O)CCNC1CCC(O)CC1CCCCC.Cl. The molecule has 0 aromatic rings. The Morgan fingerprint density at radius 1 is 0.676 bits per heavy atom. The molecule has 4 nitrogen and oxygen atoms in total. The van der Waals surface area contributed by atoms with Gasteiger partial charge in [0, 0.05) is 6.04 Å². The van der Waals surface area contributed by atoms with Gasteiger partial charge in [0.1, 0.15) is 0 Å². The zero-order valence-corrected chi connectivity index (χ0v) is 23.5. The van der Waals surface area contributed by atoms with Gasteiger partial charge in [0.2, 0.25) is 0 Å². The van der Waals surface area contributed by atoms with Crippen LogP contribution in [-0.2, 0) is 0 Å². The maximum Gasteiger partial charge on any atom is 0.0811 e. The van der Waals surface area contributed by atoms with Crippen LogP contribution < -0.4 is 5.32 Å². The monoisotopic (exact) mass is 505 g/mol. The molecule has 0 amide bonds. The van der Waals surface area contributed by atoms with Crippen LogP contribution in [0, 0.1) is 5.92 Å². The van der Waals surface area contributed by atoms with Gasteiger partial charge >= 0.3 is 0 Å². The smallest absolute Gasteiger partial charge is 0.0811 e. The lowest BCUT2D eigenvalue weighted by Gasteiger charge is -2.35. The molecule has 0 radical (unpaired) electrons. The van der Waals surface area contributed by atoms with Crippen molar-refractivity contribution in [3.8, 4) is 0 Å². The lowest BCUT2D eigenvalue weighted by Crippen LogP contribution is -2.43. The Kier molecular flexibility index (Phi) is 23.6. The van der Waals surface area contributed by atoms with Crippen LogP contribution in [0.4, 0.5) is 0 Å². The Bertz CT molecular complexity index is 426. The Morgan fingerprint density at radius 2 is 1.18 bits per heavy atom. The van der Waals surface area contributed by atoms with E-state index in [0.29, 0.717) is 24.8 Å². The largest absolute Gasteiger partial charge is 0.393 e. The third kappa shape index (κ3) is 17.5. The Labute approximate surface area is 218 Å². The summed E-state index contributed by atoms with van der Waals surface area (Å²) < 4.78 is 0. The number of unbranched alkanes of at least 4 members (excludes halogenated alkanes) is 13. The van der Waals surface area contributed by atoms with Crippen LogP contribution in [0.25, 0.3) is 0 Å². The fourth-order valence-electron chi connectivity index (χ4n) is 5.48. The second kappa shape index (κ2) is 23.5. The lowest BCUT2D eigenvalue weighted by atomic mass is 9.80. The van der Waals surface area contributed by atoms with E-state index < -0.39 is 12.2 Å². The zero-order chi connectivity index (χ0) is 24.2. The maximum absolute atomic E-state index is 10.4. The van der Waals surface area contributed by atoms with Gasteiger partial charge in [0.05, 0.1) is 18.3 Å². The number of hydrogen-bond donors (Lipinski definition) is 4. The number of aliphatic hydroxyl groups excluding tert-OH is 3. The van der Waals surface area contributed by atoms with E-state index in [0.717, 1.165) is 32.2 Å². The zero-order valence-electron chi connectivity index (χ0n) is 22.7. The molecular weight excluding hydrogens is 446 g/mol. The number of aliphatic hydroxyl groups is 3. The van der Waals surface area contributed by atoms with Gasteiger partial charge in [-0.05, 0) is 51.0 Å². The van der Waals surface area contributed by atoms with Crippen molar-refractivity contribution in [2.75, 3.05) is 6.54 Å². The molecule has 0 saturated heterocycles. The van der Waals surface area contributed by atoms with Crippen molar-refractivity contribution >= 4 is 12.4 Å². The molecular formula is C29H60ClNO3. The molecule has 34 heavy (non-hydrogen) atoms. The number of hydrogen-bond acceptors (Lipinski definition) is 4. The normalized spacial score (nSPS) is 22.3. The van der Waals surface area contributed by atoms with Crippen LogP contribution in [-0.4, -0.2) is 46.2 Å². The quantitative estimate of drug-likeness (QED) is 0.116. The van der Waals surface area contributed by atoms with Gasteiger partial charge in [-0.15, -0.1) is 12.4 Å². The highest BCUT2D eigenvalue weighted by Gasteiger charge is 2.29. The molecule has 5 atom stereocenters. The van der Waals surface area contributed by atoms with Crippen molar-refractivity contribution < 1.29 is 15.3 Å². The summed E-state index contributed by atoms with van der Waals surface area (Å²) >= 11 is 0. The summed E-state index contributed by atoms with van der Waals surface area (Å²) in [5.74, 6) is 0.545. The number of rotatable bonds is 22. The highest BCUT2D eigenvalue weighted by Crippen LogP contribution is 2.29. The van der Waals surface area contributed by atoms with Crippen molar-refractivity contribution in [2.45, 2.75) is 173 Å². The molecule has 5 unspecified atom stereocenters. The second-order valence-corrected chi connectivity index (χ2v) is 10.9. The molecule has 4 N–H and O–H groups in total. The molecule has 1 rings (SSSR count). The van der Waals surface area contributed by atoms with Crippen LogP contribution in [0.1, 0.15) is 149 Å². The minimum atomic E-state index is -0.627. The molecule has 1 fully saturated rings. The summed E-state index contributed by atoms with van der Waals surface area (Å²) in [5, 5.41) is 34.4. The average molecular weight is 506 g/mol. The Morgan fingerprint density at radius 3 is 1.76 bits per heavy atom. The van der Waals surface area contributed by atoms with Gasteiger partial charge in [-0.3, -0.25) is 0 Å². The molecule has 0 heterocycles. The van der Waals surface area contributed by atoms with Crippen molar-refractivity contribution in [3.63, 3.8) is 0 Å². The fourth-order valence-corrected chi connectivity index (χ4v) is 5.48. The molecule has 0 aromatic carbocycles. The molecule has 1 saturated carbocycles. The summed E-state index contributed by atoms with van der Waals surface area (Å²) in [7, 11) is 0. The highest BCUT2D eigenvalue weighted by atomic mass is 35.5. The van der Waals surface area contributed by atoms with Crippen molar-refractivity contribution in [1.82, 2.24) is 5.32 Å². The van der Waals surface area contributed by atoms with Crippen LogP contribution in [0.2, 0.25) is 0 Å². The summed E-state index contributed by atoms with van der Waals surface area (Å²) in [6.07, 6.45) is 23.5. The van der Waals surface area contributed by atoms with Crippen LogP contribution >= 0.6 is 12.4 Å². The maximum atomic E-state index is 10.4. The molecule has 5 heteroatoms. The molecule has 0 aliphatic heterocycles. The highest BCUT2D eigenvalue weighted by molar-refractivity contribution is 5.85. The molecule has 1 aliphatic carbocycles. The standard InChI is InChI=1S/C29H59NO3.ClH/c1-3-5-7-8-9-10-11-12-13-14-15-17-19-28(32)29(33)22-23-30-27-21-20-26(31)24-25(27)18-16-6-4-2;/h25-33H,3-24H2,1-2H3;1H. The molecule has 1 aliphatic rings. The van der Waals surface area contributed by atoms with Crippen LogP contribution in [0.15, 0.2) is 0 Å². The topological polar surface area (TPSA) is 72.7 Å². The fraction of sp³-hybridized carbons (Fsp3) is 1.00. The summed E-state index contributed by atoms with van der Waals surface area (Å²) in [6, 6.07) is 0.450. The molecule has 206 valence electrons. The Balaban J connectivity index is 0.0000109. The first kappa shape index (κ1) is 34.1. The minimum absolute atomic E-state index is 0. The van der Waals surface area contributed by atoms with E-state index in [4.69, 9.17) is 0 Å². The number of nitrogens with one attached hydrogen (secondary N) is 1. The van der Waals surface area contributed by atoms with E-state index in [1.54, 1.807) is 0 Å². The van der Waals surface area contributed by atoms with Gasteiger partial charge in [-0.25, -0.2) is 0 Å². The minimum Gasteiger partial charge on any atom is -0.393 e. The average Bonchev–Trinajstić information content (AvgIpc) is 2.81. The number of halogens is 1. The first-order valence-corrected chi connectivity index (χ1v) is 14.9. The Hall–Kier alpha value is 0.130. The van der Waals surface area contributed by atoms with Crippen molar-refractivity contribution in [3.05, 3.63) is 0 Å². The molecule has 0 bridgehead atoms. The summed E-state index contributed by atoms with van der Waals surface area (Å²) in [6.45, 7) is 5.25. The van der Waals surface area contributed by atoms with E-state index in [-0.39, 0.29) is 18.5 Å². The van der Waals surface area contributed by atoms with E-state index in [1.165, 1.54) is 96.3 Å². The third-order valence-corrected chi connectivity index (χ3v) is 7.78. The molecule has 0 aromatic heterocycles. The van der Waals surface area contributed by atoms with E-state index in [2.05, 4.69) is 19.2 Å². The lowest BCUT2D eigenvalue weighted by molar-refractivity contribution is 0.00712. The van der Waals surface area contributed by atoms with Gasteiger partial charge in [-0.2, -0.15) is 0 Å². The van der Waals surface area contributed by atoms with E-state index in [9.17, 15) is 15.3 Å². The van der Waals surface area contributed by atoms with Gasteiger partial charge in [0.15, 0.2) is 0 Å². The van der Waals surface area contributed by atoms with Crippen molar-refractivity contribution in [2.24, 2.45) is 5.92 Å². The third-order valence-electron chi connectivity index (χ3n) is 7.78. The second-order valence-electron chi connectivity index (χ2n) is 10.9. The van der Waals surface area contributed by atoms with Gasteiger partial charge < -0.3 is 20.6 Å². The summed E-state index contributed by atoms with van der Waals surface area (Å²) in [4.78, 5) is 0.